The van der Waals surface area contributed by atoms with Crippen molar-refractivity contribution in [1.29, 1.82) is 0 Å². The highest BCUT2D eigenvalue weighted by Crippen LogP contribution is 2.27. The number of rotatable bonds is 5. The number of aryl methyl sites for hydroxylation is 1. The number of nitrogens with one attached hydrogen (secondary N) is 1. The van der Waals surface area contributed by atoms with Crippen molar-refractivity contribution in [1.82, 2.24) is 4.31 Å². The van der Waals surface area contributed by atoms with Gasteiger partial charge in [0.15, 0.2) is 0 Å². The number of carbonyl (C=O) groups is 1. The molecule has 1 N–H and O–H groups in total. The van der Waals surface area contributed by atoms with Crippen LogP contribution in [0.5, 0.6) is 0 Å². The molecule has 1 aliphatic rings. The van der Waals surface area contributed by atoms with Crippen LogP contribution in [0.15, 0.2) is 46.9 Å². The maximum Gasteiger partial charge on any atom is 0.227 e. The van der Waals surface area contributed by atoms with Gasteiger partial charge in [-0.25, -0.2) is 12.7 Å². The van der Waals surface area contributed by atoms with E-state index in [2.05, 4.69) is 21.2 Å². The third kappa shape index (κ3) is 5.35. The minimum absolute atomic E-state index is 0.0110. The van der Waals surface area contributed by atoms with E-state index >= 15 is 0 Å². The summed E-state index contributed by atoms with van der Waals surface area (Å²) in [5.74, 6) is -0.329. The van der Waals surface area contributed by atoms with Crippen LogP contribution in [0.1, 0.15) is 24.0 Å². The predicted octanol–water partition coefficient (Wildman–Crippen LogP) is 4.59. The Morgan fingerprint density at radius 2 is 1.93 bits per heavy atom. The summed E-state index contributed by atoms with van der Waals surface area (Å²) in [4.78, 5) is 12.5. The molecule has 0 saturated carbocycles. The van der Waals surface area contributed by atoms with Crippen molar-refractivity contribution in [3.05, 3.63) is 63.1 Å². The van der Waals surface area contributed by atoms with Crippen LogP contribution >= 0.6 is 27.5 Å². The van der Waals surface area contributed by atoms with Crippen molar-refractivity contribution in [3.63, 3.8) is 0 Å². The summed E-state index contributed by atoms with van der Waals surface area (Å²) in [5, 5.41) is 3.39. The van der Waals surface area contributed by atoms with Crippen LogP contribution in [0.3, 0.4) is 0 Å². The summed E-state index contributed by atoms with van der Waals surface area (Å²) in [6.45, 7) is 2.65. The van der Waals surface area contributed by atoms with Gasteiger partial charge >= 0.3 is 0 Å². The molecule has 1 fully saturated rings. The van der Waals surface area contributed by atoms with Crippen LogP contribution < -0.4 is 5.32 Å². The Morgan fingerprint density at radius 3 is 2.57 bits per heavy atom. The molecular weight excluding hydrogens is 464 g/mol. The molecule has 3 rings (SSSR count). The van der Waals surface area contributed by atoms with Gasteiger partial charge in [0.2, 0.25) is 15.9 Å². The molecule has 1 aliphatic heterocycles. The highest BCUT2D eigenvalue weighted by molar-refractivity contribution is 9.10. The van der Waals surface area contributed by atoms with E-state index in [0.29, 0.717) is 36.6 Å². The molecule has 2 aromatic rings. The Hall–Kier alpha value is -1.41. The SMILES string of the molecule is Cc1cccc(CS(=O)(=O)N2CCC(C(=O)Nc3ccc(Br)c(Cl)c3)CC2)c1. The van der Waals surface area contributed by atoms with Crippen LogP contribution in [0.4, 0.5) is 5.69 Å². The van der Waals surface area contributed by atoms with Gasteiger partial charge in [-0.05, 0) is 59.5 Å². The minimum atomic E-state index is -3.39. The summed E-state index contributed by atoms with van der Waals surface area (Å²) in [6, 6.07) is 12.8. The highest BCUT2D eigenvalue weighted by Gasteiger charge is 2.31. The largest absolute Gasteiger partial charge is 0.326 e. The van der Waals surface area contributed by atoms with Gasteiger partial charge in [0.1, 0.15) is 0 Å². The molecule has 0 aliphatic carbocycles. The molecule has 0 atom stereocenters. The number of halogens is 2. The molecule has 2 aromatic carbocycles. The number of sulfonamides is 1. The van der Waals surface area contributed by atoms with Crippen molar-refractivity contribution in [2.45, 2.75) is 25.5 Å². The number of hydrogen-bond acceptors (Lipinski definition) is 3. The van der Waals surface area contributed by atoms with Crippen LogP contribution in [0.2, 0.25) is 5.02 Å². The molecular formula is C20H22BrClN2O3S. The molecule has 1 heterocycles. The number of carbonyl (C=O) groups excluding carboxylic acids is 1. The van der Waals surface area contributed by atoms with Gasteiger partial charge < -0.3 is 5.32 Å². The average molecular weight is 486 g/mol. The zero-order valence-corrected chi connectivity index (χ0v) is 18.6. The van der Waals surface area contributed by atoms with Gasteiger partial charge in [-0.2, -0.15) is 0 Å². The summed E-state index contributed by atoms with van der Waals surface area (Å²) in [7, 11) is -3.39. The lowest BCUT2D eigenvalue weighted by Gasteiger charge is -2.30. The lowest BCUT2D eigenvalue weighted by Crippen LogP contribution is -2.41. The fourth-order valence-electron chi connectivity index (χ4n) is 3.32. The quantitative estimate of drug-likeness (QED) is 0.673. The fraction of sp³-hybridized carbons (Fsp3) is 0.350. The molecule has 0 bridgehead atoms. The van der Waals surface area contributed by atoms with Gasteiger partial charge in [0, 0.05) is 29.2 Å². The lowest BCUT2D eigenvalue weighted by atomic mass is 9.97. The van der Waals surface area contributed by atoms with Gasteiger partial charge in [0.05, 0.1) is 10.8 Å². The standard InChI is InChI=1S/C20H22BrClN2O3S/c1-14-3-2-4-15(11-14)13-28(26,27)24-9-7-16(8-10-24)20(25)23-17-5-6-18(21)19(22)12-17/h2-6,11-12,16H,7-10,13H2,1H3,(H,23,25). The van der Waals surface area contributed by atoms with Gasteiger partial charge in [0.25, 0.3) is 0 Å². The smallest absolute Gasteiger partial charge is 0.227 e. The first-order valence-electron chi connectivity index (χ1n) is 9.04. The first-order valence-corrected chi connectivity index (χ1v) is 11.8. The van der Waals surface area contributed by atoms with Crippen molar-refractivity contribution < 1.29 is 13.2 Å². The second-order valence-corrected chi connectivity index (χ2v) is 10.3. The number of hydrogen-bond donors (Lipinski definition) is 1. The van der Waals surface area contributed by atoms with E-state index in [-0.39, 0.29) is 17.6 Å². The normalized spacial score (nSPS) is 16.1. The first-order chi connectivity index (χ1) is 13.2. The van der Waals surface area contributed by atoms with Gasteiger partial charge in [-0.1, -0.05) is 41.4 Å². The molecule has 5 nitrogen and oxygen atoms in total. The second kappa shape index (κ2) is 8.95. The van der Waals surface area contributed by atoms with Crippen molar-refractivity contribution in [2.24, 2.45) is 5.92 Å². The highest BCUT2D eigenvalue weighted by atomic mass is 79.9. The fourth-order valence-corrected chi connectivity index (χ4v) is 5.30. The molecule has 0 unspecified atom stereocenters. The first kappa shape index (κ1) is 21.3. The summed E-state index contributed by atoms with van der Waals surface area (Å²) in [5.41, 5.74) is 2.45. The number of benzene rings is 2. The van der Waals surface area contributed by atoms with Crippen molar-refractivity contribution in [3.8, 4) is 0 Å². The maximum atomic E-state index is 12.7. The Bertz CT molecular complexity index is 973. The molecule has 1 amide bonds. The zero-order chi connectivity index (χ0) is 20.3. The zero-order valence-electron chi connectivity index (χ0n) is 15.5. The van der Waals surface area contributed by atoms with Crippen molar-refractivity contribution in [2.75, 3.05) is 18.4 Å². The molecule has 28 heavy (non-hydrogen) atoms. The number of nitrogens with zero attached hydrogens (tertiary/aromatic N) is 1. The van der Waals surface area contributed by atoms with Crippen LogP contribution in [-0.2, 0) is 20.6 Å². The van der Waals surface area contributed by atoms with Crippen LogP contribution in [0, 0.1) is 12.8 Å². The van der Waals surface area contributed by atoms with E-state index in [1.807, 2.05) is 31.2 Å². The van der Waals surface area contributed by atoms with E-state index in [1.165, 1.54) is 4.31 Å². The Balaban J connectivity index is 1.57. The van der Waals surface area contributed by atoms with Crippen LogP contribution in [0.25, 0.3) is 0 Å². The maximum absolute atomic E-state index is 12.7. The number of anilines is 1. The minimum Gasteiger partial charge on any atom is -0.326 e. The van der Waals surface area contributed by atoms with E-state index in [4.69, 9.17) is 11.6 Å². The summed E-state index contributed by atoms with van der Waals surface area (Å²) >= 11 is 9.37. The average Bonchev–Trinajstić information content (AvgIpc) is 2.64. The predicted molar refractivity (Wildman–Crippen MR) is 116 cm³/mol. The van der Waals surface area contributed by atoms with Crippen LogP contribution in [-0.4, -0.2) is 31.7 Å². The van der Waals surface area contributed by atoms with Gasteiger partial charge in [-0.3, -0.25) is 4.79 Å². The molecule has 0 aromatic heterocycles. The van der Waals surface area contributed by atoms with E-state index < -0.39 is 10.0 Å². The monoisotopic (exact) mass is 484 g/mol. The third-order valence-corrected chi connectivity index (χ3v) is 7.92. The number of amides is 1. The molecule has 150 valence electrons. The van der Waals surface area contributed by atoms with Crippen molar-refractivity contribution >= 4 is 49.1 Å². The van der Waals surface area contributed by atoms with Gasteiger partial charge in [-0.15, -0.1) is 0 Å². The summed E-state index contributed by atoms with van der Waals surface area (Å²) in [6.07, 6.45) is 1.01. The van der Waals surface area contributed by atoms with E-state index in [0.717, 1.165) is 15.6 Å². The second-order valence-electron chi connectivity index (χ2n) is 7.04. The molecule has 8 heteroatoms. The molecule has 0 radical (unpaired) electrons. The Kier molecular flexibility index (Phi) is 6.81. The Morgan fingerprint density at radius 1 is 1.21 bits per heavy atom. The topological polar surface area (TPSA) is 66.5 Å². The van der Waals surface area contributed by atoms with E-state index in [1.54, 1.807) is 18.2 Å². The molecule has 1 saturated heterocycles. The molecule has 0 spiro atoms. The summed E-state index contributed by atoms with van der Waals surface area (Å²) < 4.78 is 27.7. The Labute approximate surface area is 179 Å². The van der Waals surface area contributed by atoms with E-state index in [9.17, 15) is 13.2 Å². The number of piperidine rings is 1. The lowest BCUT2D eigenvalue weighted by molar-refractivity contribution is -0.120. The third-order valence-electron chi connectivity index (χ3n) is 4.84.